The van der Waals surface area contributed by atoms with E-state index in [1.165, 1.54) is 0 Å². The van der Waals surface area contributed by atoms with Crippen molar-refractivity contribution >= 4 is 0 Å². The molecule has 0 unspecified atom stereocenters. The number of benzene rings is 1. The first-order chi connectivity index (χ1) is 9.81. The molecule has 3 aromatic rings. The van der Waals surface area contributed by atoms with Gasteiger partial charge in [0.1, 0.15) is 5.75 Å². The molecule has 1 N–H and O–H groups in total. The number of aryl methyl sites for hydroxylation is 1. The number of hydrogen-bond donors (Lipinski definition) is 1. The van der Waals surface area contributed by atoms with Crippen LogP contribution in [0.2, 0.25) is 0 Å². The van der Waals surface area contributed by atoms with Gasteiger partial charge in [0.05, 0.1) is 24.7 Å². The van der Waals surface area contributed by atoms with Gasteiger partial charge in [-0.05, 0) is 13.0 Å². The highest BCUT2D eigenvalue weighted by Gasteiger charge is 2.17. The number of H-pyrrole nitrogens is 1. The maximum Gasteiger partial charge on any atom is 0.145 e. The van der Waals surface area contributed by atoms with E-state index in [2.05, 4.69) is 27.3 Å². The van der Waals surface area contributed by atoms with Gasteiger partial charge in [0.15, 0.2) is 0 Å². The minimum absolute atomic E-state index is 0.745. The van der Waals surface area contributed by atoms with Crippen molar-refractivity contribution in [2.24, 2.45) is 0 Å². The summed E-state index contributed by atoms with van der Waals surface area (Å²) in [6.45, 7) is 1.98. The molecule has 2 aromatic heterocycles. The van der Waals surface area contributed by atoms with Crippen LogP contribution in [0.4, 0.5) is 0 Å². The summed E-state index contributed by atoms with van der Waals surface area (Å²) in [5.74, 6) is 0.745. The molecule has 4 heteroatoms. The van der Waals surface area contributed by atoms with E-state index in [1.54, 1.807) is 19.5 Å². The fourth-order valence-corrected chi connectivity index (χ4v) is 2.32. The molecule has 0 radical (unpaired) electrons. The van der Waals surface area contributed by atoms with Crippen LogP contribution < -0.4 is 4.74 Å². The zero-order valence-electron chi connectivity index (χ0n) is 11.4. The van der Waals surface area contributed by atoms with E-state index in [1.807, 2.05) is 31.2 Å². The smallest absolute Gasteiger partial charge is 0.145 e. The van der Waals surface area contributed by atoms with Gasteiger partial charge in [-0.2, -0.15) is 5.10 Å². The van der Waals surface area contributed by atoms with E-state index >= 15 is 0 Å². The quantitative estimate of drug-likeness (QED) is 0.789. The summed E-state index contributed by atoms with van der Waals surface area (Å²) in [5.41, 5.74) is 5.07. The summed E-state index contributed by atoms with van der Waals surface area (Å²) in [4.78, 5) is 4.10. The predicted molar refractivity (Wildman–Crippen MR) is 78.5 cm³/mol. The summed E-state index contributed by atoms with van der Waals surface area (Å²) < 4.78 is 5.41. The van der Waals surface area contributed by atoms with Gasteiger partial charge in [0.25, 0.3) is 0 Å². The van der Waals surface area contributed by atoms with Gasteiger partial charge in [0, 0.05) is 22.9 Å². The van der Waals surface area contributed by atoms with Crippen LogP contribution in [0, 0.1) is 6.92 Å². The Morgan fingerprint density at radius 1 is 1.10 bits per heavy atom. The Morgan fingerprint density at radius 2 is 1.90 bits per heavy atom. The van der Waals surface area contributed by atoms with Gasteiger partial charge in [-0.1, -0.05) is 30.3 Å². The summed E-state index contributed by atoms with van der Waals surface area (Å²) in [6.07, 6.45) is 3.48. The number of pyridine rings is 1. The molecule has 0 atom stereocenters. The fraction of sp³-hybridized carbons (Fsp3) is 0.125. The van der Waals surface area contributed by atoms with Crippen molar-refractivity contribution < 1.29 is 4.74 Å². The maximum absolute atomic E-state index is 5.41. The molecule has 2 heterocycles. The van der Waals surface area contributed by atoms with Crippen LogP contribution in [0.1, 0.15) is 5.69 Å². The second-order valence-corrected chi connectivity index (χ2v) is 4.50. The van der Waals surface area contributed by atoms with Crippen LogP contribution in [0.15, 0.2) is 48.8 Å². The first-order valence-electron chi connectivity index (χ1n) is 6.40. The van der Waals surface area contributed by atoms with E-state index in [0.29, 0.717) is 0 Å². The van der Waals surface area contributed by atoms with E-state index < -0.39 is 0 Å². The lowest BCUT2D eigenvalue weighted by molar-refractivity contribution is 0.414. The molecule has 3 rings (SSSR count). The van der Waals surface area contributed by atoms with E-state index in [4.69, 9.17) is 4.74 Å². The molecule has 0 bridgehead atoms. The summed E-state index contributed by atoms with van der Waals surface area (Å²) in [6, 6.07) is 12.1. The number of aromatic amines is 1. The van der Waals surface area contributed by atoms with Gasteiger partial charge in [-0.3, -0.25) is 10.1 Å². The molecule has 1 aromatic carbocycles. The second-order valence-electron chi connectivity index (χ2n) is 4.50. The molecular weight excluding hydrogens is 250 g/mol. The lowest BCUT2D eigenvalue weighted by atomic mass is 9.99. The number of methoxy groups -OCH3 is 1. The third-order valence-electron chi connectivity index (χ3n) is 3.28. The fourth-order valence-electron chi connectivity index (χ4n) is 2.32. The number of rotatable bonds is 3. The van der Waals surface area contributed by atoms with Crippen molar-refractivity contribution in [3.05, 3.63) is 54.5 Å². The van der Waals surface area contributed by atoms with Crippen LogP contribution >= 0.6 is 0 Å². The van der Waals surface area contributed by atoms with E-state index in [-0.39, 0.29) is 0 Å². The van der Waals surface area contributed by atoms with Gasteiger partial charge < -0.3 is 4.74 Å². The lowest BCUT2D eigenvalue weighted by Crippen LogP contribution is -1.91. The summed E-state index contributed by atoms with van der Waals surface area (Å²) in [7, 11) is 1.65. The topological polar surface area (TPSA) is 50.8 Å². The van der Waals surface area contributed by atoms with Gasteiger partial charge in [0.2, 0.25) is 0 Å². The van der Waals surface area contributed by atoms with Gasteiger partial charge in [-0.15, -0.1) is 0 Å². The highest BCUT2D eigenvalue weighted by Crippen LogP contribution is 2.37. The molecular formula is C16H15N3O. The standard InChI is InChI=1S/C16H15N3O/c1-11-15(13-8-9-17-10-14(13)20-2)16(19-18-11)12-6-4-3-5-7-12/h3-10H,1-2H3,(H,18,19). The number of nitrogens with one attached hydrogen (secondary N) is 1. The van der Waals surface area contributed by atoms with E-state index in [9.17, 15) is 0 Å². The predicted octanol–water partition coefficient (Wildman–Crippen LogP) is 3.46. The molecule has 0 spiro atoms. The normalized spacial score (nSPS) is 10.5. The average molecular weight is 265 g/mol. The molecule has 0 fully saturated rings. The highest BCUT2D eigenvalue weighted by atomic mass is 16.5. The Bertz CT molecular complexity index is 720. The zero-order chi connectivity index (χ0) is 13.9. The zero-order valence-corrected chi connectivity index (χ0v) is 11.4. The van der Waals surface area contributed by atoms with Crippen LogP contribution in [0.3, 0.4) is 0 Å². The van der Waals surface area contributed by atoms with Crippen molar-refractivity contribution in [2.45, 2.75) is 6.92 Å². The minimum Gasteiger partial charge on any atom is -0.494 e. The minimum atomic E-state index is 0.745. The summed E-state index contributed by atoms with van der Waals surface area (Å²) in [5, 5.41) is 7.46. The molecule has 20 heavy (non-hydrogen) atoms. The SMILES string of the molecule is COc1cnccc1-c1c(C)n[nH]c1-c1ccccc1. The number of ether oxygens (including phenoxy) is 1. The van der Waals surface area contributed by atoms with Crippen molar-refractivity contribution in [3.8, 4) is 28.1 Å². The van der Waals surface area contributed by atoms with Crippen molar-refractivity contribution in [1.29, 1.82) is 0 Å². The second kappa shape index (κ2) is 5.17. The van der Waals surface area contributed by atoms with Crippen LogP contribution in [0.5, 0.6) is 5.75 Å². The first-order valence-corrected chi connectivity index (χ1v) is 6.40. The molecule has 100 valence electrons. The van der Waals surface area contributed by atoms with Crippen molar-refractivity contribution in [2.75, 3.05) is 7.11 Å². The number of aromatic nitrogens is 3. The molecule has 0 aliphatic carbocycles. The average Bonchev–Trinajstić information content (AvgIpc) is 2.89. The van der Waals surface area contributed by atoms with Gasteiger partial charge in [-0.25, -0.2) is 0 Å². The molecule has 0 saturated carbocycles. The maximum atomic E-state index is 5.41. The Balaban J connectivity index is 2.22. The van der Waals surface area contributed by atoms with E-state index in [0.717, 1.165) is 33.8 Å². The first kappa shape index (κ1) is 12.4. The molecule has 0 aliphatic heterocycles. The van der Waals surface area contributed by atoms with Gasteiger partial charge >= 0.3 is 0 Å². The Labute approximate surface area is 117 Å². The van der Waals surface area contributed by atoms with Crippen LogP contribution in [-0.2, 0) is 0 Å². The highest BCUT2D eigenvalue weighted by molar-refractivity contribution is 5.85. The monoisotopic (exact) mass is 265 g/mol. The summed E-state index contributed by atoms with van der Waals surface area (Å²) >= 11 is 0. The third kappa shape index (κ3) is 2.05. The molecule has 4 nitrogen and oxygen atoms in total. The van der Waals surface area contributed by atoms with Crippen LogP contribution in [-0.4, -0.2) is 22.3 Å². The van der Waals surface area contributed by atoms with Crippen molar-refractivity contribution in [3.63, 3.8) is 0 Å². The molecule has 0 aliphatic rings. The third-order valence-corrected chi connectivity index (χ3v) is 3.28. The van der Waals surface area contributed by atoms with Crippen molar-refractivity contribution in [1.82, 2.24) is 15.2 Å². The largest absolute Gasteiger partial charge is 0.494 e. The number of hydrogen-bond acceptors (Lipinski definition) is 3. The molecule has 0 saturated heterocycles. The Hall–Kier alpha value is -2.62. The van der Waals surface area contributed by atoms with Crippen LogP contribution in [0.25, 0.3) is 22.4 Å². The Morgan fingerprint density at radius 3 is 2.65 bits per heavy atom. The lowest BCUT2D eigenvalue weighted by Gasteiger charge is -2.09. The Kier molecular flexibility index (Phi) is 3.21. The molecule has 0 amide bonds. The number of nitrogens with zero attached hydrogens (tertiary/aromatic N) is 2.